The molecule has 0 bridgehead atoms. The molecule has 0 aromatic carbocycles. The minimum Gasteiger partial charge on any atom is -0.481 e. The van der Waals surface area contributed by atoms with Gasteiger partial charge >= 0.3 is 5.97 Å². The van der Waals surface area contributed by atoms with Crippen molar-refractivity contribution < 1.29 is 14.7 Å². The van der Waals surface area contributed by atoms with Crippen molar-refractivity contribution in [3.8, 4) is 0 Å². The molecule has 5 nitrogen and oxygen atoms in total. The Balaban J connectivity index is 2.67. The Hall–Kier alpha value is -1.10. The van der Waals surface area contributed by atoms with E-state index in [0.717, 1.165) is 6.54 Å². The molecule has 0 spiro atoms. The first-order chi connectivity index (χ1) is 8.59. The molecule has 0 aromatic rings. The number of likely N-dealkylation sites (N-methyl/N-ethyl adjacent to an activating group) is 1. The van der Waals surface area contributed by atoms with Gasteiger partial charge in [-0.3, -0.25) is 9.59 Å². The third-order valence-electron chi connectivity index (χ3n) is 4.07. The maximum absolute atomic E-state index is 12.2. The highest BCUT2D eigenvalue weighted by Gasteiger charge is 2.66. The topological polar surface area (TPSA) is 69.6 Å². The fraction of sp³-hybridized carbons (Fsp3) is 0.857. The van der Waals surface area contributed by atoms with E-state index in [1.165, 1.54) is 0 Å². The van der Waals surface area contributed by atoms with Crippen molar-refractivity contribution in [2.45, 2.75) is 33.7 Å². The number of amides is 1. The van der Waals surface area contributed by atoms with Crippen LogP contribution in [-0.2, 0) is 9.59 Å². The van der Waals surface area contributed by atoms with E-state index in [0.29, 0.717) is 5.92 Å². The SMILES string of the molecule is CC(C)C(CN(C)C)NC(=O)C1C(C(=O)O)C1(C)C. The van der Waals surface area contributed by atoms with Crippen LogP contribution in [0.3, 0.4) is 0 Å². The Bertz CT molecular complexity index is 364. The number of carboxylic acid groups (broad SMARTS) is 1. The van der Waals surface area contributed by atoms with Gasteiger partial charge in [0.2, 0.25) is 5.91 Å². The molecule has 3 atom stereocenters. The quantitative estimate of drug-likeness (QED) is 0.757. The summed E-state index contributed by atoms with van der Waals surface area (Å²) in [4.78, 5) is 25.4. The molecule has 1 aliphatic rings. The molecule has 1 fully saturated rings. The second-order valence-corrected chi connectivity index (χ2v) is 6.74. The number of hydrogen-bond acceptors (Lipinski definition) is 3. The number of aliphatic carboxylic acids is 1. The summed E-state index contributed by atoms with van der Waals surface area (Å²) < 4.78 is 0. The lowest BCUT2D eigenvalue weighted by molar-refractivity contribution is -0.140. The molecule has 3 unspecified atom stereocenters. The van der Waals surface area contributed by atoms with E-state index in [9.17, 15) is 9.59 Å². The molecule has 5 heteroatoms. The van der Waals surface area contributed by atoms with Gasteiger partial charge in [0.1, 0.15) is 0 Å². The van der Waals surface area contributed by atoms with Gasteiger partial charge < -0.3 is 15.3 Å². The van der Waals surface area contributed by atoms with E-state index < -0.39 is 23.2 Å². The highest BCUT2D eigenvalue weighted by atomic mass is 16.4. The van der Waals surface area contributed by atoms with Crippen LogP contribution in [0, 0.1) is 23.2 Å². The summed E-state index contributed by atoms with van der Waals surface area (Å²) in [5.74, 6) is -1.65. The van der Waals surface area contributed by atoms with Gasteiger partial charge in [-0.15, -0.1) is 0 Å². The first-order valence-corrected chi connectivity index (χ1v) is 6.77. The summed E-state index contributed by atoms with van der Waals surface area (Å²) in [5, 5.41) is 12.1. The molecule has 0 aliphatic heterocycles. The largest absolute Gasteiger partial charge is 0.481 e. The van der Waals surface area contributed by atoms with E-state index in [1.807, 2.05) is 32.8 Å². The third-order valence-corrected chi connectivity index (χ3v) is 4.07. The number of hydrogen-bond donors (Lipinski definition) is 2. The Morgan fingerprint density at radius 1 is 1.26 bits per heavy atom. The fourth-order valence-electron chi connectivity index (χ4n) is 2.68. The zero-order valence-corrected chi connectivity index (χ0v) is 12.7. The van der Waals surface area contributed by atoms with Crippen LogP contribution in [0.4, 0.5) is 0 Å². The van der Waals surface area contributed by atoms with Gasteiger partial charge in [0.05, 0.1) is 11.8 Å². The van der Waals surface area contributed by atoms with Crippen molar-refractivity contribution in [1.29, 1.82) is 0 Å². The Morgan fingerprint density at radius 2 is 1.79 bits per heavy atom. The average molecular weight is 270 g/mol. The lowest BCUT2D eigenvalue weighted by Crippen LogP contribution is -2.46. The minimum atomic E-state index is -0.876. The van der Waals surface area contributed by atoms with Crippen LogP contribution >= 0.6 is 0 Å². The second kappa shape index (κ2) is 5.49. The van der Waals surface area contributed by atoms with Gasteiger partial charge in [-0.05, 0) is 25.4 Å². The molecule has 2 N–H and O–H groups in total. The molecule has 1 saturated carbocycles. The smallest absolute Gasteiger partial charge is 0.307 e. The van der Waals surface area contributed by atoms with Crippen LogP contribution in [0.5, 0.6) is 0 Å². The highest BCUT2D eigenvalue weighted by Crippen LogP contribution is 2.58. The summed E-state index contributed by atoms with van der Waals surface area (Å²) in [5.41, 5.74) is -0.435. The maximum Gasteiger partial charge on any atom is 0.307 e. The van der Waals surface area contributed by atoms with Gasteiger partial charge in [-0.2, -0.15) is 0 Å². The van der Waals surface area contributed by atoms with Crippen LogP contribution in [0.2, 0.25) is 0 Å². The number of carboxylic acids is 1. The molecule has 110 valence electrons. The molecular formula is C14H26N2O3. The van der Waals surface area contributed by atoms with Crippen LogP contribution < -0.4 is 5.32 Å². The Labute approximate surface area is 115 Å². The standard InChI is InChI=1S/C14H26N2O3/c1-8(2)9(7-16(5)6)15-12(17)10-11(13(18)19)14(10,3)4/h8-11H,7H2,1-6H3,(H,15,17)(H,18,19). The molecule has 1 aliphatic carbocycles. The van der Waals surface area contributed by atoms with Gasteiger partial charge in [0.25, 0.3) is 0 Å². The number of nitrogens with zero attached hydrogens (tertiary/aromatic N) is 1. The number of carbonyl (C=O) groups is 2. The number of nitrogens with one attached hydrogen (secondary N) is 1. The van der Waals surface area contributed by atoms with E-state index in [2.05, 4.69) is 19.2 Å². The number of carbonyl (C=O) groups excluding carboxylic acids is 1. The molecule has 0 saturated heterocycles. The van der Waals surface area contributed by atoms with Crippen molar-refractivity contribution >= 4 is 11.9 Å². The van der Waals surface area contributed by atoms with Crippen LogP contribution in [0.25, 0.3) is 0 Å². The molecule has 0 heterocycles. The van der Waals surface area contributed by atoms with Gasteiger partial charge in [0, 0.05) is 12.6 Å². The van der Waals surface area contributed by atoms with Crippen molar-refractivity contribution in [1.82, 2.24) is 10.2 Å². The van der Waals surface area contributed by atoms with Crippen LogP contribution in [-0.4, -0.2) is 48.6 Å². The first kappa shape index (κ1) is 16.0. The van der Waals surface area contributed by atoms with E-state index >= 15 is 0 Å². The van der Waals surface area contributed by atoms with Crippen LogP contribution in [0.1, 0.15) is 27.7 Å². The van der Waals surface area contributed by atoms with E-state index in [4.69, 9.17) is 5.11 Å². The van der Waals surface area contributed by atoms with Gasteiger partial charge in [-0.25, -0.2) is 0 Å². The van der Waals surface area contributed by atoms with E-state index in [1.54, 1.807) is 0 Å². The summed E-state index contributed by atoms with van der Waals surface area (Å²) in [6.45, 7) is 8.55. The first-order valence-electron chi connectivity index (χ1n) is 6.77. The summed E-state index contributed by atoms with van der Waals surface area (Å²) in [6.07, 6.45) is 0. The molecular weight excluding hydrogens is 244 g/mol. The molecule has 1 amide bonds. The zero-order valence-electron chi connectivity index (χ0n) is 12.7. The summed E-state index contributed by atoms with van der Waals surface area (Å²) >= 11 is 0. The van der Waals surface area contributed by atoms with Crippen LogP contribution in [0.15, 0.2) is 0 Å². The maximum atomic E-state index is 12.2. The Morgan fingerprint density at radius 3 is 2.11 bits per heavy atom. The molecule has 0 radical (unpaired) electrons. The van der Waals surface area contributed by atoms with Gasteiger partial charge in [0.15, 0.2) is 0 Å². The predicted molar refractivity (Wildman–Crippen MR) is 73.7 cm³/mol. The van der Waals surface area contributed by atoms with Crippen molar-refractivity contribution in [3.05, 3.63) is 0 Å². The molecule has 19 heavy (non-hydrogen) atoms. The Kier molecular flexibility index (Phi) is 4.61. The zero-order chi connectivity index (χ0) is 15.0. The number of rotatable bonds is 6. The van der Waals surface area contributed by atoms with Crippen molar-refractivity contribution in [3.63, 3.8) is 0 Å². The normalized spacial score (nSPS) is 26.3. The molecule has 0 aromatic heterocycles. The van der Waals surface area contributed by atoms with E-state index in [-0.39, 0.29) is 11.9 Å². The summed E-state index contributed by atoms with van der Waals surface area (Å²) in [6, 6.07) is 0.0494. The van der Waals surface area contributed by atoms with Crippen molar-refractivity contribution in [2.75, 3.05) is 20.6 Å². The fourth-order valence-corrected chi connectivity index (χ4v) is 2.68. The van der Waals surface area contributed by atoms with Crippen molar-refractivity contribution in [2.24, 2.45) is 23.2 Å². The monoisotopic (exact) mass is 270 g/mol. The average Bonchev–Trinajstić information content (AvgIpc) is 2.79. The summed E-state index contributed by atoms with van der Waals surface area (Å²) in [7, 11) is 3.92. The highest BCUT2D eigenvalue weighted by molar-refractivity contribution is 5.91. The lowest BCUT2D eigenvalue weighted by Gasteiger charge is -2.26. The predicted octanol–water partition coefficient (Wildman–Crippen LogP) is 1.05. The minimum absolute atomic E-state index is 0.0494. The van der Waals surface area contributed by atoms with Gasteiger partial charge in [-0.1, -0.05) is 27.7 Å². The third kappa shape index (κ3) is 3.47. The lowest BCUT2D eigenvalue weighted by atomic mass is 10.0. The second-order valence-electron chi connectivity index (χ2n) is 6.74. The molecule has 1 rings (SSSR count).